The van der Waals surface area contributed by atoms with Crippen LogP contribution in [0.1, 0.15) is 5.56 Å². The van der Waals surface area contributed by atoms with Gasteiger partial charge in [-0.1, -0.05) is 35.4 Å². The van der Waals surface area contributed by atoms with E-state index >= 15 is 0 Å². The van der Waals surface area contributed by atoms with Gasteiger partial charge in [0.1, 0.15) is 4.99 Å². The molecule has 2 aromatic rings. The second-order valence-electron chi connectivity index (χ2n) is 6.39. The van der Waals surface area contributed by atoms with Gasteiger partial charge in [0, 0.05) is 34.4 Å². The summed E-state index contributed by atoms with van der Waals surface area (Å²) in [7, 11) is 1.53. The minimum absolute atomic E-state index is 0.230. The number of anilines is 1. The normalized spacial score (nSPS) is 13.7. The van der Waals surface area contributed by atoms with Crippen LogP contribution in [0.25, 0.3) is 0 Å². The first-order chi connectivity index (χ1) is 14.4. The molecule has 1 heterocycles. The molecule has 0 saturated carbocycles. The number of thiocarbonyl (C=S) groups is 1. The van der Waals surface area contributed by atoms with Crippen LogP contribution in [-0.2, 0) is 9.53 Å². The quantitative estimate of drug-likeness (QED) is 0.539. The Morgan fingerprint density at radius 2 is 1.87 bits per heavy atom. The van der Waals surface area contributed by atoms with Gasteiger partial charge in [0.25, 0.3) is 5.91 Å². The maximum atomic E-state index is 12.3. The highest BCUT2D eigenvalue weighted by Gasteiger charge is 2.20. The first-order valence-corrected chi connectivity index (χ1v) is 11.0. The number of morpholine rings is 1. The van der Waals surface area contributed by atoms with Crippen molar-refractivity contribution in [3.05, 3.63) is 50.4 Å². The Kier molecular flexibility index (Phi) is 8.19. The number of halogens is 3. The van der Waals surface area contributed by atoms with Gasteiger partial charge < -0.3 is 24.4 Å². The number of amides is 1. The van der Waals surface area contributed by atoms with Crippen molar-refractivity contribution in [3.8, 4) is 11.5 Å². The van der Waals surface area contributed by atoms with E-state index in [4.69, 9.17) is 49.6 Å². The molecule has 0 unspecified atom stereocenters. The second kappa shape index (κ2) is 10.6. The van der Waals surface area contributed by atoms with E-state index in [1.807, 2.05) is 6.07 Å². The van der Waals surface area contributed by atoms with Gasteiger partial charge in [0.2, 0.25) is 0 Å². The zero-order valence-corrected chi connectivity index (χ0v) is 20.0. The molecule has 6 nitrogen and oxygen atoms in total. The average Bonchev–Trinajstić information content (AvgIpc) is 2.71. The lowest BCUT2D eigenvalue weighted by Gasteiger charge is -2.29. The second-order valence-corrected chi connectivity index (χ2v) is 8.50. The maximum absolute atomic E-state index is 12.3. The molecule has 30 heavy (non-hydrogen) atoms. The number of ether oxygens (including phenoxy) is 3. The Hall–Kier alpha value is -1.58. The standard InChI is InChI=1S/C20H19BrCl2N2O4S/c1-27-17-7-12(20(30)25-2-4-28-5-3-25)6-16(21)19(17)29-11-18(26)24-15-9-13(22)8-14(23)10-15/h6-10H,2-5,11H2,1H3,(H,24,26). The summed E-state index contributed by atoms with van der Waals surface area (Å²) in [6.45, 7) is 2.54. The highest BCUT2D eigenvalue weighted by atomic mass is 79.9. The fraction of sp³-hybridized carbons (Fsp3) is 0.300. The third-order valence-electron chi connectivity index (χ3n) is 4.27. The fourth-order valence-corrected chi connectivity index (χ4v) is 4.28. The minimum Gasteiger partial charge on any atom is -0.493 e. The summed E-state index contributed by atoms with van der Waals surface area (Å²) in [4.78, 5) is 15.1. The van der Waals surface area contributed by atoms with Gasteiger partial charge in [-0.2, -0.15) is 0 Å². The number of rotatable bonds is 6. The Morgan fingerprint density at radius 3 is 2.50 bits per heavy atom. The van der Waals surface area contributed by atoms with Crippen molar-refractivity contribution in [2.45, 2.75) is 0 Å². The highest BCUT2D eigenvalue weighted by Crippen LogP contribution is 2.37. The molecular weight excluding hydrogens is 515 g/mol. The van der Waals surface area contributed by atoms with Crippen LogP contribution in [0.5, 0.6) is 11.5 Å². The Balaban J connectivity index is 1.69. The van der Waals surface area contributed by atoms with Crippen molar-refractivity contribution in [1.82, 2.24) is 4.90 Å². The van der Waals surface area contributed by atoms with Crippen molar-refractivity contribution < 1.29 is 19.0 Å². The summed E-state index contributed by atoms with van der Waals surface area (Å²) in [5.41, 5.74) is 1.30. The number of methoxy groups -OCH3 is 1. The Labute approximate surface area is 198 Å². The van der Waals surface area contributed by atoms with Crippen LogP contribution >= 0.6 is 51.3 Å². The van der Waals surface area contributed by atoms with Crippen LogP contribution in [0.4, 0.5) is 5.69 Å². The first kappa shape index (κ1) is 23.1. The lowest BCUT2D eigenvalue weighted by atomic mass is 10.1. The molecule has 0 spiro atoms. The minimum atomic E-state index is -0.366. The molecule has 160 valence electrons. The predicted octanol–water partition coefficient (Wildman–Crippen LogP) is 4.79. The molecule has 0 atom stereocenters. The SMILES string of the molecule is COc1cc(C(=S)N2CCOCC2)cc(Br)c1OCC(=O)Nc1cc(Cl)cc(Cl)c1. The van der Waals surface area contributed by atoms with Gasteiger partial charge in [0.05, 0.1) is 24.8 Å². The van der Waals surface area contributed by atoms with Gasteiger partial charge >= 0.3 is 0 Å². The van der Waals surface area contributed by atoms with Crippen LogP contribution < -0.4 is 14.8 Å². The summed E-state index contributed by atoms with van der Waals surface area (Å²) in [5, 5.41) is 3.55. The van der Waals surface area contributed by atoms with Gasteiger partial charge in [-0.05, 0) is 46.3 Å². The molecule has 0 aromatic heterocycles. The Morgan fingerprint density at radius 1 is 1.20 bits per heavy atom. The topological polar surface area (TPSA) is 60.0 Å². The smallest absolute Gasteiger partial charge is 0.262 e. The van der Waals surface area contributed by atoms with Crippen molar-refractivity contribution in [1.29, 1.82) is 0 Å². The first-order valence-electron chi connectivity index (χ1n) is 9.00. The fourth-order valence-electron chi connectivity index (χ4n) is 2.89. The van der Waals surface area contributed by atoms with Gasteiger partial charge in [-0.15, -0.1) is 0 Å². The molecule has 0 radical (unpaired) electrons. The number of nitrogens with zero attached hydrogens (tertiary/aromatic N) is 1. The van der Waals surface area contributed by atoms with Crippen LogP contribution in [0.15, 0.2) is 34.8 Å². The molecule has 1 N–H and O–H groups in total. The molecule has 0 bridgehead atoms. The van der Waals surface area contributed by atoms with E-state index in [2.05, 4.69) is 26.1 Å². The summed E-state index contributed by atoms with van der Waals surface area (Å²) in [5.74, 6) is 0.508. The van der Waals surface area contributed by atoms with Gasteiger partial charge in [-0.25, -0.2) is 0 Å². The third kappa shape index (κ3) is 5.98. The van der Waals surface area contributed by atoms with E-state index in [-0.39, 0.29) is 12.5 Å². The Bertz CT molecular complexity index is 934. The molecular formula is C20H19BrCl2N2O4S. The predicted molar refractivity (Wildman–Crippen MR) is 125 cm³/mol. The largest absolute Gasteiger partial charge is 0.493 e. The molecule has 1 fully saturated rings. The zero-order chi connectivity index (χ0) is 21.7. The van der Waals surface area contributed by atoms with Crippen LogP contribution in [0.3, 0.4) is 0 Å². The van der Waals surface area contributed by atoms with E-state index in [0.29, 0.717) is 49.9 Å². The number of hydrogen-bond acceptors (Lipinski definition) is 5. The summed E-state index contributed by atoms with van der Waals surface area (Å²) < 4.78 is 17.2. The van der Waals surface area contributed by atoms with E-state index in [0.717, 1.165) is 18.7 Å². The van der Waals surface area contributed by atoms with Crippen LogP contribution in [0, 0.1) is 0 Å². The third-order valence-corrected chi connectivity index (χ3v) is 5.79. The van der Waals surface area contributed by atoms with Crippen molar-refractivity contribution in [2.24, 2.45) is 0 Å². The average molecular weight is 534 g/mol. The maximum Gasteiger partial charge on any atom is 0.262 e. The molecule has 0 aliphatic carbocycles. The van der Waals surface area contributed by atoms with Gasteiger partial charge in [0.15, 0.2) is 18.1 Å². The number of carbonyl (C=O) groups is 1. The molecule has 1 saturated heterocycles. The number of carbonyl (C=O) groups excluding carboxylic acids is 1. The molecule has 1 aliphatic rings. The summed E-state index contributed by atoms with van der Waals surface area (Å²) in [6.07, 6.45) is 0. The summed E-state index contributed by atoms with van der Waals surface area (Å²) in [6, 6.07) is 8.43. The highest BCUT2D eigenvalue weighted by molar-refractivity contribution is 9.10. The van der Waals surface area contributed by atoms with Crippen molar-refractivity contribution >= 4 is 67.9 Å². The zero-order valence-electron chi connectivity index (χ0n) is 16.0. The monoisotopic (exact) mass is 532 g/mol. The van der Waals surface area contributed by atoms with Crippen LogP contribution in [0.2, 0.25) is 10.0 Å². The molecule has 1 aliphatic heterocycles. The molecule has 3 rings (SSSR count). The van der Waals surface area contributed by atoms with E-state index in [1.54, 1.807) is 24.3 Å². The lowest BCUT2D eigenvalue weighted by molar-refractivity contribution is -0.118. The van der Waals surface area contributed by atoms with Crippen molar-refractivity contribution in [2.75, 3.05) is 45.3 Å². The molecule has 10 heteroatoms. The van der Waals surface area contributed by atoms with E-state index < -0.39 is 0 Å². The number of benzene rings is 2. The molecule has 2 aromatic carbocycles. The lowest BCUT2D eigenvalue weighted by Crippen LogP contribution is -2.40. The van der Waals surface area contributed by atoms with Crippen LogP contribution in [-0.4, -0.2) is 55.8 Å². The number of nitrogens with one attached hydrogen (secondary N) is 1. The van der Waals surface area contributed by atoms with E-state index in [9.17, 15) is 4.79 Å². The van der Waals surface area contributed by atoms with E-state index in [1.165, 1.54) is 7.11 Å². The van der Waals surface area contributed by atoms with Gasteiger partial charge in [-0.3, -0.25) is 4.79 Å². The van der Waals surface area contributed by atoms with Crippen molar-refractivity contribution in [3.63, 3.8) is 0 Å². The summed E-state index contributed by atoms with van der Waals surface area (Å²) >= 11 is 21.0. The number of hydrogen-bond donors (Lipinski definition) is 1. The molecule has 1 amide bonds.